The van der Waals surface area contributed by atoms with Crippen LogP contribution in [0.3, 0.4) is 0 Å². The van der Waals surface area contributed by atoms with Crippen molar-refractivity contribution in [2.75, 3.05) is 11.1 Å². The smallest absolute Gasteiger partial charge is 0.253 e. The molecule has 1 heterocycles. The summed E-state index contributed by atoms with van der Waals surface area (Å²) in [6.45, 7) is 4.46. The summed E-state index contributed by atoms with van der Waals surface area (Å²) in [7, 11) is 1.88. The summed E-state index contributed by atoms with van der Waals surface area (Å²) in [4.78, 5) is 25.5. The highest BCUT2D eigenvalue weighted by atomic mass is 32.2. The van der Waals surface area contributed by atoms with Crippen molar-refractivity contribution in [2.24, 2.45) is 7.05 Å². The van der Waals surface area contributed by atoms with E-state index >= 15 is 0 Å². The minimum absolute atomic E-state index is 0.138. The van der Waals surface area contributed by atoms with Crippen LogP contribution in [0.25, 0.3) is 11.4 Å². The van der Waals surface area contributed by atoms with Gasteiger partial charge < -0.3 is 15.2 Å². The van der Waals surface area contributed by atoms with Crippen LogP contribution in [0.4, 0.5) is 5.69 Å². The molecule has 0 saturated heterocycles. The molecular formula is C27H27N5O2S. The SMILES string of the molecule is Cc1ccc(CNC(=O)c2ccccc2NC(=O)CSc2nnc(-c3ccccc3C)n2C)cc1. The van der Waals surface area contributed by atoms with E-state index in [0.717, 1.165) is 22.5 Å². The predicted octanol–water partition coefficient (Wildman–Crippen LogP) is 4.76. The maximum Gasteiger partial charge on any atom is 0.253 e. The molecule has 3 aromatic carbocycles. The van der Waals surface area contributed by atoms with Gasteiger partial charge in [0.1, 0.15) is 0 Å². The Morgan fingerprint density at radius 3 is 2.40 bits per heavy atom. The lowest BCUT2D eigenvalue weighted by Gasteiger charge is -2.12. The van der Waals surface area contributed by atoms with Gasteiger partial charge in [-0.05, 0) is 37.1 Å². The van der Waals surface area contributed by atoms with Crippen LogP contribution in [0, 0.1) is 13.8 Å². The van der Waals surface area contributed by atoms with Crippen LogP contribution < -0.4 is 10.6 Å². The average molecular weight is 486 g/mol. The van der Waals surface area contributed by atoms with E-state index in [2.05, 4.69) is 20.8 Å². The highest BCUT2D eigenvalue weighted by Gasteiger charge is 2.16. The number of hydrogen-bond acceptors (Lipinski definition) is 5. The second-order valence-corrected chi connectivity index (χ2v) is 9.17. The van der Waals surface area contributed by atoms with E-state index in [1.807, 2.05) is 74.0 Å². The minimum Gasteiger partial charge on any atom is -0.348 e. The first-order chi connectivity index (χ1) is 16.9. The fourth-order valence-corrected chi connectivity index (χ4v) is 4.30. The molecule has 0 aliphatic carbocycles. The van der Waals surface area contributed by atoms with Crippen molar-refractivity contribution in [3.8, 4) is 11.4 Å². The summed E-state index contributed by atoms with van der Waals surface area (Å²) in [5.41, 5.74) is 5.17. The molecule has 35 heavy (non-hydrogen) atoms. The molecular weight excluding hydrogens is 458 g/mol. The molecule has 1 aromatic heterocycles. The molecule has 0 radical (unpaired) electrons. The quantitative estimate of drug-likeness (QED) is 0.351. The molecule has 2 amide bonds. The molecule has 178 valence electrons. The number of aromatic nitrogens is 3. The predicted molar refractivity (Wildman–Crippen MR) is 139 cm³/mol. The van der Waals surface area contributed by atoms with Crippen LogP contribution in [-0.2, 0) is 18.4 Å². The van der Waals surface area contributed by atoms with Crippen molar-refractivity contribution in [2.45, 2.75) is 25.5 Å². The van der Waals surface area contributed by atoms with Gasteiger partial charge in [-0.3, -0.25) is 9.59 Å². The van der Waals surface area contributed by atoms with Gasteiger partial charge in [0.25, 0.3) is 5.91 Å². The average Bonchev–Trinajstić information content (AvgIpc) is 3.22. The third-order valence-corrected chi connectivity index (χ3v) is 6.59. The van der Waals surface area contributed by atoms with E-state index in [1.54, 1.807) is 24.3 Å². The molecule has 8 heteroatoms. The van der Waals surface area contributed by atoms with Crippen LogP contribution >= 0.6 is 11.8 Å². The highest BCUT2D eigenvalue weighted by molar-refractivity contribution is 7.99. The minimum atomic E-state index is -0.245. The number of rotatable bonds is 8. The molecule has 0 fully saturated rings. The number of benzene rings is 3. The summed E-state index contributed by atoms with van der Waals surface area (Å²) in [5, 5.41) is 15.0. The molecule has 0 atom stereocenters. The van der Waals surface area contributed by atoms with Gasteiger partial charge >= 0.3 is 0 Å². The number of nitrogens with one attached hydrogen (secondary N) is 2. The van der Waals surface area contributed by atoms with Crippen LogP contribution in [0.1, 0.15) is 27.0 Å². The fraction of sp³-hybridized carbons (Fsp3) is 0.185. The Morgan fingerprint density at radius 1 is 0.914 bits per heavy atom. The third kappa shape index (κ3) is 5.96. The number of thioether (sulfide) groups is 1. The maximum atomic E-state index is 12.8. The van der Waals surface area contributed by atoms with Gasteiger partial charge in [-0.15, -0.1) is 10.2 Å². The van der Waals surface area contributed by atoms with Crippen molar-refractivity contribution in [1.82, 2.24) is 20.1 Å². The summed E-state index contributed by atoms with van der Waals surface area (Å²) in [6, 6.07) is 22.9. The zero-order chi connectivity index (χ0) is 24.8. The number of nitrogens with zero attached hydrogens (tertiary/aromatic N) is 3. The lowest BCUT2D eigenvalue weighted by atomic mass is 10.1. The number of amides is 2. The first-order valence-corrected chi connectivity index (χ1v) is 12.2. The zero-order valence-corrected chi connectivity index (χ0v) is 20.7. The Bertz CT molecular complexity index is 1350. The first kappa shape index (κ1) is 24.2. The molecule has 0 saturated carbocycles. The Kier molecular flexibility index (Phi) is 7.62. The summed E-state index contributed by atoms with van der Waals surface area (Å²) < 4.78 is 1.88. The van der Waals surface area contributed by atoms with Crippen molar-refractivity contribution in [3.05, 3.63) is 95.1 Å². The zero-order valence-electron chi connectivity index (χ0n) is 19.9. The van der Waals surface area contributed by atoms with Crippen molar-refractivity contribution in [1.29, 1.82) is 0 Å². The molecule has 4 aromatic rings. The summed E-state index contributed by atoms with van der Waals surface area (Å²) in [6.07, 6.45) is 0. The number of carbonyl (C=O) groups excluding carboxylic acids is 2. The lowest BCUT2D eigenvalue weighted by Crippen LogP contribution is -2.25. The monoisotopic (exact) mass is 485 g/mol. The topological polar surface area (TPSA) is 88.9 Å². The molecule has 0 aliphatic heterocycles. The van der Waals surface area contributed by atoms with Gasteiger partial charge in [-0.2, -0.15) is 0 Å². The Morgan fingerprint density at radius 2 is 1.63 bits per heavy atom. The Labute approximate surface area is 209 Å². The van der Waals surface area contributed by atoms with E-state index in [-0.39, 0.29) is 17.6 Å². The number of hydrogen-bond donors (Lipinski definition) is 2. The van der Waals surface area contributed by atoms with Crippen LogP contribution in [-0.4, -0.2) is 32.3 Å². The number of aryl methyl sites for hydroxylation is 2. The van der Waals surface area contributed by atoms with E-state index in [1.165, 1.54) is 17.3 Å². The number of para-hydroxylation sites is 1. The summed E-state index contributed by atoms with van der Waals surface area (Å²) >= 11 is 1.30. The normalized spacial score (nSPS) is 10.7. The van der Waals surface area contributed by atoms with Crippen LogP contribution in [0.2, 0.25) is 0 Å². The maximum absolute atomic E-state index is 12.8. The second kappa shape index (κ2) is 11.0. The highest BCUT2D eigenvalue weighted by Crippen LogP contribution is 2.25. The second-order valence-electron chi connectivity index (χ2n) is 8.23. The summed E-state index contributed by atoms with van der Waals surface area (Å²) in [5.74, 6) is 0.417. The van der Waals surface area contributed by atoms with E-state index < -0.39 is 0 Å². The van der Waals surface area contributed by atoms with E-state index in [9.17, 15) is 9.59 Å². The van der Waals surface area contributed by atoms with Crippen molar-refractivity contribution >= 4 is 29.3 Å². The standard InChI is InChI=1S/C27H27N5O2S/c1-18-12-14-20(15-13-18)16-28-26(34)22-10-6-7-11-23(22)29-24(33)17-35-27-31-30-25(32(27)3)21-9-5-4-8-19(21)2/h4-15H,16-17H2,1-3H3,(H,28,34)(H,29,33). The Balaban J connectivity index is 1.37. The third-order valence-electron chi connectivity index (χ3n) is 5.57. The number of anilines is 1. The molecule has 7 nitrogen and oxygen atoms in total. The first-order valence-electron chi connectivity index (χ1n) is 11.2. The van der Waals surface area contributed by atoms with Gasteiger partial charge in [0.05, 0.1) is 17.0 Å². The Hall–Kier alpha value is -3.91. The van der Waals surface area contributed by atoms with Crippen molar-refractivity contribution in [3.63, 3.8) is 0 Å². The van der Waals surface area contributed by atoms with Gasteiger partial charge in [0.15, 0.2) is 11.0 Å². The molecule has 0 bridgehead atoms. The van der Waals surface area contributed by atoms with Crippen LogP contribution in [0.15, 0.2) is 78.0 Å². The van der Waals surface area contributed by atoms with Crippen LogP contribution in [0.5, 0.6) is 0 Å². The van der Waals surface area contributed by atoms with Gasteiger partial charge in [-0.1, -0.05) is 78.0 Å². The number of carbonyl (C=O) groups is 2. The van der Waals surface area contributed by atoms with E-state index in [0.29, 0.717) is 23.0 Å². The molecule has 2 N–H and O–H groups in total. The molecule has 0 spiro atoms. The van der Waals surface area contributed by atoms with Crippen molar-refractivity contribution < 1.29 is 9.59 Å². The fourth-order valence-electron chi connectivity index (χ4n) is 3.59. The largest absolute Gasteiger partial charge is 0.348 e. The molecule has 0 aliphatic rings. The molecule has 0 unspecified atom stereocenters. The van der Waals surface area contributed by atoms with Gasteiger partial charge in [0, 0.05) is 19.2 Å². The molecule has 4 rings (SSSR count). The lowest BCUT2D eigenvalue weighted by molar-refractivity contribution is -0.113. The van der Waals surface area contributed by atoms with E-state index in [4.69, 9.17) is 0 Å². The van der Waals surface area contributed by atoms with Gasteiger partial charge in [0.2, 0.25) is 5.91 Å². The van der Waals surface area contributed by atoms with Gasteiger partial charge in [-0.25, -0.2) is 0 Å².